The van der Waals surface area contributed by atoms with Gasteiger partial charge in [0.1, 0.15) is 6.10 Å². The summed E-state index contributed by atoms with van der Waals surface area (Å²) < 4.78 is 10.4. The van der Waals surface area contributed by atoms with E-state index in [0.717, 1.165) is 12.2 Å². The van der Waals surface area contributed by atoms with Gasteiger partial charge in [-0.15, -0.1) is 0 Å². The second-order valence-corrected chi connectivity index (χ2v) is 6.78. The Morgan fingerprint density at radius 1 is 1.33 bits per heavy atom. The summed E-state index contributed by atoms with van der Waals surface area (Å²) >= 11 is 1.36. The van der Waals surface area contributed by atoms with Crippen LogP contribution in [0, 0.1) is 5.92 Å². The Bertz CT molecular complexity index is 386. The van der Waals surface area contributed by atoms with Gasteiger partial charge < -0.3 is 10.5 Å². The highest BCUT2D eigenvalue weighted by Gasteiger charge is 2.27. The minimum Gasteiger partial charge on any atom is -0.465 e. The number of nitrogens with zero attached hydrogens (tertiary/aromatic N) is 2. The van der Waals surface area contributed by atoms with E-state index in [9.17, 15) is 0 Å². The van der Waals surface area contributed by atoms with Crippen molar-refractivity contribution in [3.63, 3.8) is 0 Å². The number of hydrogen-bond acceptors (Lipinski definition) is 5. The van der Waals surface area contributed by atoms with Gasteiger partial charge in [-0.1, -0.05) is 27.2 Å². The fourth-order valence-corrected chi connectivity index (χ4v) is 3.06. The first-order valence-electron chi connectivity index (χ1n) is 6.71. The SMILES string of the molecule is CC(C)(C)c1nsc(OC2CCCCC2CN)n1. The Labute approximate surface area is 113 Å². The van der Waals surface area contributed by atoms with Crippen molar-refractivity contribution in [1.29, 1.82) is 0 Å². The molecule has 2 N–H and O–H groups in total. The standard InChI is InChI=1S/C13H23N3OS/c1-13(2,3)11-15-12(18-16-11)17-10-7-5-4-6-9(10)8-14/h9-10H,4-8,14H2,1-3H3. The number of aromatic nitrogens is 2. The Morgan fingerprint density at radius 2 is 2.06 bits per heavy atom. The maximum Gasteiger partial charge on any atom is 0.293 e. The van der Waals surface area contributed by atoms with E-state index in [-0.39, 0.29) is 11.5 Å². The van der Waals surface area contributed by atoms with Crippen molar-refractivity contribution in [2.45, 2.75) is 58.0 Å². The van der Waals surface area contributed by atoms with Crippen LogP contribution < -0.4 is 10.5 Å². The lowest BCUT2D eigenvalue weighted by molar-refractivity contribution is 0.0963. The molecular formula is C13H23N3OS. The third-order valence-electron chi connectivity index (χ3n) is 3.47. The van der Waals surface area contributed by atoms with Crippen LogP contribution in [0.2, 0.25) is 0 Å². The molecule has 0 aromatic carbocycles. The third-order valence-corrected chi connectivity index (χ3v) is 4.08. The van der Waals surface area contributed by atoms with Crippen LogP contribution in [-0.2, 0) is 5.41 Å². The van der Waals surface area contributed by atoms with Crippen molar-refractivity contribution in [3.8, 4) is 5.19 Å². The Hall–Kier alpha value is -0.680. The highest BCUT2D eigenvalue weighted by Crippen LogP contribution is 2.30. The maximum absolute atomic E-state index is 6.00. The van der Waals surface area contributed by atoms with E-state index in [1.54, 1.807) is 0 Å². The summed E-state index contributed by atoms with van der Waals surface area (Å²) in [6.45, 7) is 7.04. The van der Waals surface area contributed by atoms with E-state index < -0.39 is 0 Å². The molecule has 1 aliphatic rings. The van der Waals surface area contributed by atoms with E-state index in [1.165, 1.54) is 30.8 Å². The molecule has 1 aliphatic carbocycles. The summed E-state index contributed by atoms with van der Waals surface area (Å²) in [4.78, 5) is 4.49. The third kappa shape index (κ3) is 3.20. The largest absolute Gasteiger partial charge is 0.465 e. The first kappa shape index (κ1) is 13.7. The predicted molar refractivity (Wildman–Crippen MR) is 74.0 cm³/mol. The average Bonchev–Trinajstić information content (AvgIpc) is 2.78. The van der Waals surface area contributed by atoms with Gasteiger partial charge in [0.25, 0.3) is 5.19 Å². The molecule has 5 heteroatoms. The second kappa shape index (κ2) is 5.53. The molecule has 0 saturated heterocycles. The molecule has 0 bridgehead atoms. The van der Waals surface area contributed by atoms with Crippen LogP contribution in [-0.4, -0.2) is 22.0 Å². The molecule has 102 valence electrons. The van der Waals surface area contributed by atoms with E-state index in [1.807, 2.05) is 0 Å². The summed E-state index contributed by atoms with van der Waals surface area (Å²) in [6.07, 6.45) is 4.99. The molecule has 18 heavy (non-hydrogen) atoms. The van der Waals surface area contributed by atoms with Crippen LogP contribution in [0.5, 0.6) is 5.19 Å². The van der Waals surface area contributed by atoms with Crippen LogP contribution in [0.15, 0.2) is 0 Å². The summed E-state index contributed by atoms with van der Waals surface area (Å²) in [5, 5.41) is 0.699. The molecular weight excluding hydrogens is 246 g/mol. The monoisotopic (exact) mass is 269 g/mol. The van der Waals surface area contributed by atoms with Crippen molar-refractivity contribution in [2.75, 3.05) is 6.54 Å². The van der Waals surface area contributed by atoms with E-state index in [4.69, 9.17) is 10.5 Å². The number of nitrogens with two attached hydrogens (primary N) is 1. The van der Waals surface area contributed by atoms with Gasteiger partial charge in [0, 0.05) is 22.9 Å². The summed E-state index contributed by atoms with van der Waals surface area (Å²) in [5.74, 6) is 1.34. The van der Waals surface area contributed by atoms with Crippen molar-refractivity contribution < 1.29 is 4.74 Å². The molecule has 4 nitrogen and oxygen atoms in total. The molecule has 0 aliphatic heterocycles. The van der Waals surface area contributed by atoms with Crippen molar-refractivity contribution in [2.24, 2.45) is 11.7 Å². The van der Waals surface area contributed by atoms with E-state index in [2.05, 4.69) is 30.1 Å². The average molecular weight is 269 g/mol. The van der Waals surface area contributed by atoms with Crippen LogP contribution >= 0.6 is 11.5 Å². The van der Waals surface area contributed by atoms with Gasteiger partial charge in [0.05, 0.1) is 0 Å². The van der Waals surface area contributed by atoms with Gasteiger partial charge in [-0.25, -0.2) is 0 Å². The van der Waals surface area contributed by atoms with Crippen LogP contribution in [0.1, 0.15) is 52.3 Å². The van der Waals surface area contributed by atoms with E-state index in [0.29, 0.717) is 17.7 Å². The zero-order valence-electron chi connectivity index (χ0n) is 11.5. The van der Waals surface area contributed by atoms with Crippen LogP contribution in [0.25, 0.3) is 0 Å². The Morgan fingerprint density at radius 3 is 2.67 bits per heavy atom. The Balaban J connectivity index is 2.02. The maximum atomic E-state index is 6.00. The lowest BCUT2D eigenvalue weighted by Crippen LogP contribution is -2.35. The summed E-state index contributed by atoms with van der Waals surface area (Å²) in [7, 11) is 0. The van der Waals surface area contributed by atoms with E-state index >= 15 is 0 Å². The second-order valence-electron chi connectivity index (χ2n) is 6.07. The normalized spacial score (nSPS) is 25.1. The van der Waals surface area contributed by atoms with Gasteiger partial charge in [0.15, 0.2) is 5.82 Å². The highest BCUT2D eigenvalue weighted by atomic mass is 32.1. The van der Waals surface area contributed by atoms with Gasteiger partial charge >= 0.3 is 0 Å². The number of ether oxygens (including phenoxy) is 1. The zero-order valence-corrected chi connectivity index (χ0v) is 12.3. The smallest absolute Gasteiger partial charge is 0.293 e. The molecule has 1 saturated carbocycles. The molecule has 0 spiro atoms. The topological polar surface area (TPSA) is 61.0 Å². The number of hydrogen-bond donors (Lipinski definition) is 1. The number of rotatable bonds is 3. The molecule has 1 aromatic heterocycles. The predicted octanol–water partition coefficient (Wildman–Crippen LogP) is 2.73. The first-order valence-corrected chi connectivity index (χ1v) is 7.49. The molecule has 2 unspecified atom stereocenters. The van der Waals surface area contributed by atoms with Gasteiger partial charge in [-0.05, 0) is 25.8 Å². The van der Waals surface area contributed by atoms with Gasteiger partial charge in [-0.3, -0.25) is 0 Å². The minimum absolute atomic E-state index is 0.0159. The fourth-order valence-electron chi connectivity index (χ4n) is 2.29. The molecule has 1 fully saturated rings. The van der Waals surface area contributed by atoms with Gasteiger partial charge in [-0.2, -0.15) is 9.36 Å². The van der Waals surface area contributed by atoms with Gasteiger partial charge in [0.2, 0.25) is 0 Å². The zero-order chi connectivity index (χ0) is 13.2. The first-order chi connectivity index (χ1) is 8.50. The summed E-state index contributed by atoms with van der Waals surface area (Å²) in [6, 6.07) is 0. The molecule has 1 aromatic rings. The van der Waals surface area contributed by atoms with Crippen LogP contribution in [0.3, 0.4) is 0 Å². The Kier molecular flexibility index (Phi) is 4.22. The summed E-state index contributed by atoms with van der Waals surface area (Å²) in [5.41, 5.74) is 5.79. The van der Waals surface area contributed by atoms with Crippen LogP contribution in [0.4, 0.5) is 0 Å². The molecule has 2 rings (SSSR count). The molecule has 2 atom stereocenters. The lowest BCUT2D eigenvalue weighted by Gasteiger charge is -2.29. The molecule has 0 radical (unpaired) electrons. The van der Waals surface area contributed by atoms with Crippen molar-refractivity contribution >= 4 is 11.5 Å². The molecule has 1 heterocycles. The minimum atomic E-state index is -0.0159. The fraction of sp³-hybridized carbons (Fsp3) is 0.846. The van der Waals surface area contributed by atoms with Crippen molar-refractivity contribution in [1.82, 2.24) is 9.36 Å². The molecule has 0 amide bonds. The highest BCUT2D eigenvalue weighted by molar-refractivity contribution is 7.07. The quantitative estimate of drug-likeness (QED) is 0.916. The lowest BCUT2D eigenvalue weighted by atomic mass is 9.86. The van der Waals surface area contributed by atoms with Crippen molar-refractivity contribution in [3.05, 3.63) is 5.82 Å².